The molecule has 0 spiro atoms. The molecule has 0 unspecified atom stereocenters. The van der Waals surface area contributed by atoms with Crippen molar-refractivity contribution in [2.75, 3.05) is 18.9 Å². The van der Waals surface area contributed by atoms with Crippen LogP contribution in [0.3, 0.4) is 0 Å². The van der Waals surface area contributed by atoms with Crippen molar-refractivity contribution in [3.63, 3.8) is 0 Å². The molecule has 0 aromatic carbocycles. The van der Waals surface area contributed by atoms with Crippen molar-refractivity contribution < 1.29 is 9.47 Å². The molecule has 1 aliphatic heterocycles. The van der Waals surface area contributed by atoms with Gasteiger partial charge in [-0.2, -0.15) is 0 Å². The Bertz CT molecular complexity index is 281. The molecule has 0 bridgehead atoms. The van der Waals surface area contributed by atoms with Gasteiger partial charge in [0.2, 0.25) is 5.88 Å². The number of ether oxygens (including phenoxy) is 2. The lowest BCUT2D eigenvalue weighted by atomic mass is 10.1. The molecule has 0 radical (unpaired) electrons. The summed E-state index contributed by atoms with van der Waals surface area (Å²) < 4.78 is 10.9. The predicted octanol–water partition coefficient (Wildman–Crippen LogP) is 1.22. The van der Waals surface area contributed by atoms with Gasteiger partial charge in [0.05, 0.1) is 25.1 Å². The van der Waals surface area contributed by atoms with Crippen molar-refractivity contribution in [1.82, 2.24) is 4.98 Å². The Kier molecular flexibility index (Phi) is 2.84. The van der Waals surface area contributed by atoms with Crippen LogP contribution in [0.25, 0.3) is 0 Å². The van der Waals surface area contributed by atoms with Gasteiger partial charge in [-0.3, -0.25) is 0 Å². The number of hydrogen-bond donors (Lipinski definition) is 1. The molecule has 2 N–H and O–H groups in total. The number of nitrogens with two attached hydrogens (primary N) is 1. The Hall–Kier alpha value is -1.29. The average molecular weight is 194 g/mol. The lowest BCUT2D eigenvalue weighted by molar-refractivity contribution is 0.0237. The van der Waals surface area contributed by atoms with E-state index in [-0.39, 0.29) is 6.10 Å². The second kappa shape index (κ2) is 4.28. The minimum Gasteiger partial charge on any atom is -0.474 e. The van der Waals surface area contributed by atoms with E-state index in [9.17, 15) is 0 Å². The van der Waals surface area contributed by atoms with Gasteiger partial charge in [-0.15, -0.1) is 0 Å². The van der Waals surface area contributed by atoms with Crippen LogP contribution in [-0.2, 0) is 4.74 Å². The number of anilines is 1. The van der Waals surface area contributed by atoms with Crippen LogP contribution in [0.15, 0.2) is 18.3 Å². The van der Waals surface area contributed by atoms with Gasteiger partial charge in [-0.1, -0.05) is 0 Å². The fourth-order valence-electron chi connectivity index (χ4n) is 1.43. The first-order chi connectivity index (χ1) is 6.84. The van der Waals surface area contributed by atoms with E-state index >= 15 is 0 Å². The van der Waals surface area contributed by atoms with Crippen LogP contribution in [0, 0.1) is 0 Å². The number of aromatic nitrogens is 1. The van der Waals surface area contributed by atoms with Crippen molar-refractivity contribution in [3.8, 4) is 5.88 Å². The van der Waals surface area contributed by atoms with Gasteiger partial charge in [0.15, 0.2) is 0 Å². The summed E-state index contributed by atoms with van der Waals surface area (Å²) in [6.45, 7) is 1.55. The SMILES string of the molecule is Nc1ccc(OC2CCOCC2)nc1. The van der Waals surface area contributed by atoms with Crippen LogP contribution in [0.1, 0.15) is 12.8 Å². The minimum absolute atomic E-state index is 0.236. The summed E-state index contributed by atoms with van der Waals surface area (Å²) in [5.74, 6) is 0.645. The van der Waals surface area contributed by atoms with E-state index in [0.29, 0.717) is 11.6 Å². The van der Waals surface area contributed by atoms with Gasteiger partial charge in [-0.25, -0.2) is 4.98 Å². The number of hydrogen-bond acceptors (Lipinski definition) is 4. The summed E-state index contributed by atoms with van der Waals surface area (Å²) in [5.41, 5.74) is 6.18. The molecular weight excluding hydrogens is 180 g/mol. The first-order valence-corrected chi connectivity index (χ1v) is 4.80. The summed E-state index contributed by atoms with van der Waals surface area (Å²) in [6, 6.07) is 3.59. The minimum atomic E-state index is 0.236. The maximum Gasteiger partial charge on any atom is 0.213 e. The van der Waals surface area contributed by atoms with Crippen molar-refractivity contribution >= 4 is 5.69 Å². The van der Waals surface area contributed by atoms with Crippen LogP contribution in [0.2, 0.25) is 0 Å². The Balaban J connectivity index is 1.92. The van der Waals surface area contributed by atoms with Crippen molar-refractivity contribution in [2.24, 2.45) is 0 Å². The van der Waals surface area contributed by atoms with Gasteiger partial charge in [0, 0.05) is 18.9 Å². The third-order valence-electron chi connectivity index (χ3n) is 2.21. The summed E-state index contributed by atoms with van der Waals surface area (Å²) in [6.07, 6.45) is 3.71. The van der Waals surface area contributed by atoms with E-state index in [1.54, 1.807) is 18.3 Å². The molecule has 0 saturated carbocycles. The lowest BCUT2D eigenvalue weighted by Gasteiger charge is -2.22. The Morgan fingerprint density at radius 2 is 2.14 bits per heavy atom. The quantitative estimate of drug-likeness (QED) is 0.769. The monoisotopic (exact) mass is 194 g/mol. The predicted molar refractivity (Wildman–Crippen MR) is 53.1 cm³/mol. The number of rotatable bonds is 2. The fourth-order valence-corrected chi connectivity index (χ4v) is 1.43. The largest absolute Gasteiger partial charge is 0.474 e. The summed E-state index contributed by atoms with van der Waals surface area (Å²) in [4.78, 5) is 4.08. The van der Waals surface area contributed by atoms with Gasteiger partial charge in [-0.05, 0) is 6.07 Å². The van der Waals surface area contributed by atoms with Gasteiger partial charge in [0.1, 0.15) is 6.10 Å². The van der Waals surface area contributed by atoms with Gasteiger partial charge in [0.25, 0.3) is 0 Å². The summed E-state index contributed by atoms with van der Waals surface area (Å²) in [7, 11) is 0. The lowest BCUT2D eigenvalue weighted by Crippen LogP contribution is -2.26. The van der Waals surface area contributed by atoms with E-state index in [1.807, 2.05) is 0 Å². The molecule has 1 aliphatic rings. The Morgan fingerprint density at radius 1 is 1.36 bits per heavy atom. The Morgan fingerprint density at radius 3 is 2.79 bits per heavy atom. The smallest absolute Gasteiger partial charge is 0.213 e. The fraction of sp³-hybridized carbons (Fsp3) is 0.500. The highest BCUT2D eigenvalue weighted by molar-refractivity contribution is 5.35. The highest BCUT2D eigenvalue weighted by Crippen LogP contribution is 2.16. The molecule has 1 fully saturated rings. The van der Waals surface area contributed by atoms with Crippen LogP contribution < -0.4 is 10.5 Å². The zero-order valence-corrected chi connectivity index (χ0v) is 7.98. The van der Waals surface area contributed by atoms with Crippen molar-refractivity contribution in [1.29, 1.82) is 0 Å². The molecule has 14 heavy (non-hydrogen) atoms. The standard InChI is InChI=1S/C10H14N2O2/c11-8-1-2-10(12-7-8)14-9-3-5-13-6-4-9/h1-2,7,9H,3-6,11H2. The zero-order chi connectivity index (χ0) is 9.80. The summed E-state index contributed by atoms with van der Waals surface area (Å²) in [5, 5.41) is 0. The number of nitrogens with zero attached hydrogens (tertiary/aromatic N) is 1. The van der Waals surface area contributed by atoms with Gasteiger partial charge < -0.3 is 15.2 Å². The van der Waals surface area contributed by atoms with Crippen molar-refractivity contribution in [3.05, 3.63) is 18.3 Å². The third kappa shape index (κ3) is 2.35. The van der Waals surface area contributed by atoms with Gasteiger partial charge >= 0.3 is 0 Å². The number of nitrogen functional groups attached to an aromatic ring is 1. The van der Waals surface area contributed by atoms with E-state index in [1.165, 1.54) is 0 Å². The highest BCUT2D eigenvalue weighted by atomic mass is 16.5. The topological polar surface area (TPSA) is 57.4 Å². The van der Waals surface area contributed by atoms with Crippen molar-refractivity contribution in [2.45, 2.75) is 18.9 Å². The maximum atomic E-state index is 5.66. The molecule has 0 atom stereocenters. The normalized spacial score (nSPS) is 18.0. The maximum absolute atomic E-state index is 5.66. The van der Waals surface area contributed by atoms with E-state index in [4.69, 9.17) is 15.2 Å². The Labute approximate surface area is 83.0 Å². The number of pyridine rings is 1. The molecule has 0 aliphatic carbocycles. The molecular formula is C10H14N2O2. The highest BCUT2D eigenvalue weighted by Gasteiger charge is 2.15. The molecule has 2 rings (SSSR count). The third-order valence-corrected chi connectivity index (χ3v) is 2.21. The second-order valence-electron chi connectivity index (χ2n) is 3.36. The molecule has 1 saturated heterocycles. The van der Waals surface area contributed by atoms with E-state index in [0.717, 1.165) is 26.1 Å². The van der Waals surface area contributed by atoms with E-state index < -0.39 is 0 Å². The van der Waals surface area contributed by atoms with E-state index in [2.05, 4.69) is 4.98 Å². The first kappa shape index (κ1) is 9.27. The summed E-state index contributed by atoms with van der Waals surface area (Å²) >= 11 is 0. The second-order valence-corrected chi connectivity index (χ2v) is 3.36. The molecule has 1 aromatic heterocycles. The average Bonchev–Trinajstić information content (AvgIpc) is 2.23. The molecule has 1 aromatic rings. The zero-order valence-electron chi connectivity index (χ0n) is 7.98. The molecule has 2 heterocycles. The molecule has 4 nitrogen and oxygen atoms in total. The van der Waals surface area contributed by atoms with Crippen LogP contribution in [0.4, 0.5) is 5.69 Å². The van der Waals surface area contributed by atoms with Crippen LogP contribution >= 0.6 is 0 Å². The molecule has 4 heteroatoms. The molecule has 76 valence electrons. The van der Waals surface area contributed by atoms with Crippen LogP contribution in [-0.4, -0.2) is 24.3 Å². The first-order valence-electron chi connectivity index (χ1n) is 4.80. The van der Waals surface area contributed by atoms with Crippen LogP contribution in [0.5, 0.6) is 5.88 Å². The molecule has 0 amide bonds.